The van der Waals surface area contributed by atoms with Gasteiger partial charge in [-0.05, 0) is 43.5 Å². The van der Waals surface area contributed by atoms with Gasteiger partial charge in [0.05, 0.1) is 0 Å². The predicted octanol–water partition coefficient (Wildman–Crippen LogP) is 2.42. The zero-order chi connectivity index (χ0) is 13.5. The molecule has 0 aromatic heterocycles. The molecule has 1 fully saturated rings. The summed E-state index contributed by atoms with van der Waals surface area (Å²) >= 11 is 0. The number of amides is 1. The fourth-order valence-electron chi connectivity index (χ4n) is 2.12. The van der Waals surface area contributed by atoms with Crippen molar-refractivity contribution in [2.45, 2.75) is 32.2 Å². The molecule has 0 saturated carbocycles. The summed E-state index contributed by atoms with van der Waals surface area (Å²) in [6.07, 6.45) is 2.90. The SMILES string of the molecule is CCCNc1ccc(C(=O)NC2CCOCC2)cc1. The highest BCUT2D eigenvalue weighted by Gasteiger charge is 2.16. The van der Waals surface area contributed by atoms with Crippen LogP contribution in [-0.4, -0.2) is 31.7 Å². The number of anilines is 1. The Kier molecular flexibility index (Phi) is 5.21. The molecular weight excluding hydrogens is 240 g/mol. The molecule has 1 heterocycles. The first-order valence-corrected chi connectivity index (χ1v) is 7.02. The van der Waals surface area contributed by atoms with Crippen molar-refractivity contribution in [3.63, 3.8) is 0 Å². The monoisotopic (exact) mass is 262 g/mol. The maximum atomic E-state index is 12.1. The van der Waals surface area contributed by atoms with Crippen molar-refractivity contribution in [3.05, 3.63) is 29.8 Å². The first-order chi connectivity index (χ1) is 9.29. The third-order valence-corrected chi connectivity index (χ3v) is 3.28. The first kappa shape index (κ1) is 13.9. The summed E-state index contributed by atoms with van der Waals surface area (Å²) in [5.74, 6) is 0.00828. The molecule has 2 rings (SSSR count). The van der Waals surface area contributed by atoms with Crippen molar-refractivity contribution in [1.29, 1.82) is 0 Å². The summed E-state index contributed by atoms with van der Waals surface area (Å²) in [5.41, 5.74) is 1.78. The van der Waals surface area contributed by atoms with Crippen molar-refractivity contribution in [2.75, 3.05) is 25.1 Å². The molecule has 0 unspecified atom stereocenters. The van der Waals surface area contributed by atoms with Crippen LogP contribution in [0.5, 0.6) is 0 Å². The maximum Gasteiger partial charge on any atom is 0.251 e. The molecule has 104 valence electrons. The quantitative estimate of drug-likeness (QED) is 0.857. The molecule has 1 saturated heterocycles. The Balaban J connectivity index is 1.87. The second-order valence-corrected chi connectivity index (χ2v) is 4.86. The second-order valence-electron chi connectivity index (χ2n) is 4.86. The third kappa shape index (κ3) is 4.24. The van der Waals surface area contributed by atoms with Crippen LogP contribution in [0.3, 0.4) is 0 Å². The topological polar surface area (TPSA) is 50.4 Å². The van der Waals surface area contributed by atoms with Gasteiger partial charge in [0.25, 0.3) is 5.91 Å². The van der Waals surface area contributed by atoms with E-state index >= 15 is 0 Å². The minimum Gasteiger partial charge on any atom is -0.385 e. The zero-order valence-electron chi connectivity index (χ0n) is 11.4. The lowest BCUT2D eigenvalue weighted by molar-refractivity contribution is 0.0696. The Labute approximate surface area is 114 Å². The second kappa shape index (κ2) is 7.14. The molecule has 0 radical (unpaired) electrons. The lowest BCUT2D eigenvalue weighted by Gasteiger charge is -2.23. The molecule has 2 N–H and O–H groups in total. The average Bonchev–Trinajstić information content (AvgIpc) is 2.46. The normalized spacial score (nSPS) is 16.1. The van der Waals surface area contributed by atoms with Crippen LogP contribution in [0.1, 0.15) is 36.5 Å². The summed E-state index contributed by atoms with van der Waals surface area (Å²) in [4.78, 5) is 12.1. The molecule has 1 aromatic rings. The molecule has 1 amide bonds. The predicted molar refractivity (Wildman–Crippen MR) is 76.5 cm³/mol. The van der Waals surface area contributed by atoms with Crippen LogP contribution in [0.4, 0.5) is 5.69 Å². The highest BCUT2D eigenvalue weighted by molar-refractivity contribution is 5.94. The highest BCUT2D eigenvalue weighted by Crippen LogP contribution is 2.11. The van der Waals surface area contributed by atoms with Gasteiger partial charge in [-0.3, -0.25) is 4.79 Å². The number of benzene rings is 1. The summed E-state index contributed by atoms with van der Waals surface area (Å²) < 4.78 is 5.28. The molecule has 4 heteroatoms. The molecule has 1 aliphatic heterocycles. The number of rotatable bonds is 5. The Bertz CT molecular complexity index is 397. The lowest BCUT2D eigenvalue weighted by Crippen LogP contribution is -2.38. The van der Waals surface area contributed by atoms with Gasteiger partial charge in [-0.25, -0.2) is 0 Å². The van der Waals surface area contributed by atoms with Gasteiger partial charge in [0.1, 0.15) is 0 Å². The Morgan fingerprint density at radius 1 is 1.26 bits per heavy atom. The minimum atomic E-state index is 0.00828. The van der Waals surface area contributed by atoms with Crippen LogP contribution < -0.4 is 10.6 Å². The first-order valence-electron chi connectivity index (χ1n) is 7.02. The fraction of sp³-hybridized carbons (Fsp3) is 0.533. The van der Waals surface area contributed by atoms with E-state index in [2.05, 4.69) is 17.6 Å². The summed E-state index contributed by atoms with van der Waals surface area (Å²) in [5, 5.41) is 6.35. The van der Waals surface area contributed by atoms with E-state index in [4.69, 9.17) is 4.74 Å². The number of carbonyl (C=O) groups is 1. The van der Waals surface area contributed by atoms with Crippen LogP contribution in [-0.2, 0) is 4.74 Å². The van der Waals surface area contributed by atoms with Crippen molar-refractivity contribution < 1.29 is 9.53 Å². The van der Waals surface area contributed by atoms with Crippen molar-refractivity contribution in [1.82, 2.24) is 5.32 Å². The Hall–Kier alpha value is -1.55. The molecule has 0 bridgehead atoms. The third-order valence-electron chi connectivity index (χ3n) is 3.28. The van der Waals surface area contributed by atoms with Crippen LogP contribution in [0.2, 0.25) is 0 Å². The van der Waals surface area contributed by atoms with E-state index in [1.807, 2.05) is 24.3 Å². The largest absolute Gasteiger partial charge is 0.385 e. The van der Waals surface area contributed by atoms with Gasteiger partial charge in [0, 0.05) is 37.1 Å². The van der Waals surface area contributed by atoms with Crippen LogP contribution in [0.25, 0.3) is 0 Å². The Morgan fingerprint density at radius 3 is 2.58 bits per heavy atom. The van der Waals surface area contributed by atoms with Gasteiger partial charge in [-0.15, -0.1) is 0 Å². The van der Waals surface area contributed by atoms with Gasteiger partial charge in [0.2, 0.25) is 0 Å². The molecule has 1 aliphatic rings. The smallest absolute Gasteiger partial charge is 0.251 e. The number of carbonyl (C=O) groups excluding carboxylic acids is 1. The molecule has 4 nitrogen and oxygen atoms in total. The van der Waals surface area contributed by atoms with Crippen molar-refractivity contribution >= 4 is 11.6 Å². The van der Waals surface area contributed by atoms with E-state index in [1.54, 1.807) is 0 Å². The average molecular weight is 262 g/mol. The molecule has 19 heavy (non-hydrogen) atoms. The summed E-state index contributed by atoms with van der Waals surface area (Å²) in [6, 6.07) is 7.89. The minimum absolute atomic E-state index is 0.00828. The standard InChI is InChI=1S/C15H22N2O2/c1-2-9-16-13-5-3-12(4-6-13)15(18)17-14-7-10-19-11-8-14/h3-6,14,16H,2,7-11H2,1H3,(H,17,18). The van der Waals surface area contributed by atoms with Gasteiger partial charge in [0.15, 0.2) is 0 Å². The van der Waals surface area contributed by atoms with E-state index in [1.165, 1.54) is 0 Å². The van der Waals surface area contributed by atoms with Gasteiger partial charge in [-0.2, -0.15) is 0 Å². The van der Waals surface area contributed by atoms with E-state index in [-0.39, 0.29) is 11.9 Å². The zero-order valence-corrected chi connectivity index (χ0v) is 11.4. The molecule has 0 atom stereocenters. The molecule has 0 aliphatic carbocycles. The number of hydrogen-bond acceptors (Lipinski definition) is 3. The summed E-state index contributed by atoms with van der Waals surface area (Å²) in [7, 11) is 0. The van der Waals surface area contributed by atoms with E-state index in [0.717, 1.165) is 44.7 Å². The van der Waals surface area contributed by atoms with E-state index in [9.17, 15) is 4.79 Å². The van der Waals surface area contributed by atoms with E-state index < -0.39 is 0 Å². The van der Waals surface area contributed by atoms with Gasteiger partial charge in [-0.1, -0.05) is 6.92 Å². The molecule has 0 spiro atoms. The van der Waals surface area contributed by atoms with Crippen LogP contribution in [0, 0.1) is 0 Å². The lowest BCUT2D eigenvalue weighted by atomic mass is 10.1. The van der Waals surface area contributed by atoms with Crippen molar-refractivity contribution in [3.8, 4) is 0 Å². The summed E-state index contributed by atoms with van der Waals surface area (Å²) in [6.45, 7) is 4.56. The van der Waals surface area contributed by atoms with Crippen LogP contribution >= 0.6 is 0 Å². The van der Waals surface area contributed by atoms with Crippen LogP contribution in [0.15, 0.2) is 24.3 Å². The Morgan fingerprint density at radius 2 is 1.95 bits per heavy atom. The molecular formula is C15H22N2O2. The number of ether oxygens (including phenoxy) is 1. The van der Waals surface area contributed by atoms with Gasteiger partial charge < -0.3 is 15.4 Å². The van der Waals surface area contributed by atoms with Crippen molar-refractivity contribution in [2.24, 2.45) is 0 Å². The number of hydrogen-bond donors (Lipinski definition) is 2. The fourth-order valence-corrected chi connectivity index (χ4v) is 2.12. The maximum absolute atomic E-state index is 12.1. The van der Waals surface area contributed by atoms with E-state index in [0.29, 0.717) is 5.56 Å². The highest BCUT2D eigenvalue weighted by atomic mass is 16.5. The number of nitrogens with one attached hydrogen (secondary N) is 2. The molecule has 1 aromatic carbocycles. The van der Waals surface area contributed by atoms with Gasteiger partial charge >= 0.3 is 0 Å².